The molecular formula is C28H35N3O. The zero-order valence-corrected chi connectivity index (χ0v) is 19.8. The lowest BCUT2D eigenvalue weighted by atomic mass is 9.89. The smallest absolute Gasteiger partial charge is 0.253 e. The third-order valence-corrected chi connectivity index (χ3v) is 6.50. The lowest BCUT2D eigenvalue weighted by molar-refractivity contribution is 0.0790. The number of amides is 1. The fourth-order valence-corrected chi connectivity index (χ4v) is 4.75. The lowest BCUT2D eigenvalue weighted by Gasteiger charge is -2.22. The first kappa shape index (κ1) is 22.3. The van der Waals surface area contributed by atoms with E-state index in [1.54, 1.807) is 0 Å². The van der Waals surface area contributed by atoms with Crippen LogP contribution in [0.1, 0.15) is 41.4 Å². The summed E-state index contributed by atoms with van der Waals surface area (Å²) >= 11 is 0. The number of hydrogen-bond donors (Lipinski definition) is 0. The van der Waals surface area contributed by atoms with Crippen molar-refractivity contribution in [3.8, 4) is 16.9 Å². The molecule has 0 fully saturated rings. The Balaban J connectivity index is 1.69. The average Bonchev–Trinajstić information content (AvgIpc) is 3.17. The summed E-state index contributed by atoms with van der Waals surface area (Å²) in [5, 5.41) is 0. The van der Waals surface area contributed by atoms with Gasteiger partial charge in [-0.3, -0.25) is 4.79 Å². The molecule has 1 aromatic heterocycles. The van der Waals surface area contributed by atoms with Crippen molar-refractivity contribution in [2.45, 2.75) is 32.6 Å². The number of carbonyl (C=O) groups excluding carboxylic acids is 1. The molecule has 0 bridgehead atoms. The third-order valence-electron chi connectivity index (χ3n) is 6.50. The van der Waals surface area contributed by atoms with Crippen molar-refractivity contribution < 1.29 is 4.79 Å². The number of aromatic nitrogens is 1. The summed E-state index contributed by atoms with van der Waals surface area (Å²) in [5.74, 6) is 0.798. The lowest BCUT2D eigenvalue weighted by Crippen LogP contribution is -2.29. The van der Waals surface area contributed by atoms with Gasteiger partial charge in [0.2, 0.25) is 0 Å². The van der Waals surface area contributed by atoms with Crippen LogP contribution in [0.5, 0.6) is 0 Å². The summed E-state index contributed by atoms with van der Waals surface area (Å²) in [7, 11) is 6.03. The van der Waals surface area contributed by atoms with Crippen LogP contribution in [0, 0.1) is 5.92 Å². The van der Waals surface area contributed by atoms with E-state index in [0.717, 1.165) is 43.6 Å². The van der Waals surface area contributed by atoms with Gasteiger partial charge in [0.1, 0.15) is 0 Å². The zero-order valence-electron chi connectivity index (χ0n) is 19.8. The van der Waals surface area contributed by atoms with E-state index in [4.69, 9.17) is 0 Å². The second-order valence-corrected chi connectivity index (χ2v) is 9.48. The van der Waals surface area contributed by atoms with Gasteiger partial charge in [-0.1, -0.05) is 43.3 Å². The van der Waals surface area contributed by atoms with Crippen LogP contribution in [-0.4, -0.2) is 54.5 Å². The Morgan fingerprint density at radius 2 is 1.78 bits per heavy atom. The monoisotopic (exact) mass is 429 g/mol. The Morgan fingerprint density at radius 1 is 1.00 bits per heavy atom. The Bertz CT molecular complexity index is 1070. The highest BCUT2D eigenvalue weighted by Crippen LogP contribution is 2.35. The van der Waals surface area contributed by atoms with Gasteiger partial charge in [0, 0.05) is 30.5 Å². The van der Waals surface area contributed by atoms with Crippen molar-refractivity contribution in [2.24, 2.45) is 5.92 Å². The van der Waals surface area contributed by atoms with Crippen LogP contribution in [0.3, 0.4) is 0 Å². The van der Waals surface area contributed by atoms with Gasteiger partial charge in [-0.2, -0.15) is 0 Å². The molecule has 4 heteroatoms. The van der Waals surface area contributed by atoms with E-state index >= 15 is 0 Å². The number of rotatable bonds is 7. The van der Waals surface area contributed by atoms with Crippen LogP contribution in [-0.2, 0) is 12.8 Å². The van der Waals surface area contributed by atoms with Gasteiger partial charge in [-0.05, 0) is 87.6 Å². The summed E-state index contributed by atoms with van der Waals surface area (Å²) < 4.78 is 2.39. The Morgan fingerprint density at radius 3 is 2.53 bits per heavy atom. The number of hydrogen-bond acceptors (Lipinski definition) is 2. The van der Waals surface area contributed by atoms with E-state index in [9.17, 15) is 4.79 Å². The van der Waals surface area contributed by atoms with Crippen molar-refractivity contribution in [3.05, 3.63) is 77.5 Å². The standard InChI is InChI=1S/C28H35N3O/c1-21-14-15-26-24(18-21)20-27(22-10-6-5-7-11-22)31(26)25-13-8-12-23(19-25)28(32)30(4)17-9-16-29(2)3/h5-8,10-13,19-21H,9,14-18H2,1-4H3. The van der Waals surface area contributed by atoms with Crippen LogP contribution in [0.25, 0.3) is 16.9 Å². The van der Waals surface area contributed by atoms with Gasteiger partial charge >= 0.3 is 0 Å². The molecule has 32 heavy (non-hydrogen) atoms. The summed E-state index contributed by atoms with van der Waals surface area (Å²) in [4.78, 5) is 17.1. The molecule has 3 aromatic rings. The highest BCUT2D eigenvalue weighted by atomic mass is 16.2. The highest BCUT2D eigenvalue weighted by Gasteiger charge is 2.24. The fraction of sp³-hybridized carbons (Fsp3) is 0.393. The average molecular weight is 430 g/mol. The molecule has 0 spiro atoms. The van der Waals surface area contributed by atoms with Gasteiger partial charge < -0.3 is 14.4 Å². The Labute approximate surface area is 192 Å². The molecule has 0 radical (unpaired) electrons. The molecule has 4 rings (SSSR count). The molecule has 0 N–H and O–H groups in total. The Kier molecular flexibility index (Phi) is 6.80. The van der Waals surface area contributed by atoms with E-state index in [1.807, 2.05) is 24.1 Å². The Hall–Kier alpha value is -2.85. The van der Waals surface area contributed by atoms with Crippen LogP contribution < -0.4 is 0 Å². The fourth-order valence-electron chi connectivity index (χ4n) is 4.75. The predicted molar refractivity (Wildman–Crippen MR) is 133 cm³/mol. The van der Waals surface area contributed by atoms with Crippen LogP contribution >= 0.6 is 0 Å². The van der Waals surface area contributed by atoms with Gasteiger partial charge in [0.15, 0.2) is 0 Å². The topological polar surface area (TPSA) is 28.5 Å². The van der Waals surface area contributed by atoms with Gasteiger partial charge in [0.25, 0.3) is 5.91 Å². The van der Waals surface area contributed by atoms with Crippen LogP contribution in [0.2, 0.25) is 0 Å². The second kappa shape index (κ2) is 9.74. The van der Waals surface area contributed by atoms with Gasteiger partial charge in [-0.15, -0.1) is 0 Å². The molecule has 1 aliphatic rings. The minimum atomic E-state index is 0.0847. The van der Waals surface area contributed by atoms with Gasteiger partial charge in [-0.25, -0.2) is 0 Å². The summed E-state index contributed by atoms with van der Waals surface area (Å²) in [6.45, 7) is 4.08. The minimum absolute atomic E-state index is 0.0847. The molecule has 1 heterocycles. The second-order valence-electron chi connectivity index (χ2n) is 9.48. The quantitative estimate of drug-likeness (QED) is 0.510. The molecule has 0 aliphatic heterocycles. The SMILES string of the molecule is CC1CCc2c(cc(-c3ccccc3)n2-c2cccc(C(=O)N(C)CCCN(C)C)c2)C1. The van der Waals surface area contributed by atoms with E-state index in [2.05, 4.69) is 79.0 Å². The summed E-state index contributed by atoms with van der Waals surface area (Å²) in [6, 6.07) is 21.1. The first-order valence-electron chi connectivity index (χ1n) is 11.7. The maximum atomic E-state index is 13.1. The van der Waals surface area contributed by atoms with Crippen molar-refractivity contribution >= 4 is 5.91 Å². The minimum Gasteiger partial charge on any atom is -0.342 e. The highest BCUT2D eigenvalue weighted by molar-refractivity contribution is 5.94. The number of fused-ring (bicyclic) bond motifs is 1. The first-order chi connectivity index (χ1) is 15.4. The molecular weight excluding hydrogens is 394 g/mol. The molecule has 168 valence electrons. The van der Waals surface area contributed by atoms with E-state index in [0.29, 0.717) is 5.92 Å². The van der Waals surface area contributed by atoms with Crippen molar-refractivity contribution in [2.75, 3.05) is 34.2 Å². The first-order valence-corrected chi connectivity index (χ1v) is 11.7. The maximum Gasteiger partial charge on any atom is 0.253 e. The molecule has 0 saturated heterocycles. The largest absolute Gasteiger partial charge is 0.342 e. The van der Waals surface area contributed by atoms with Crippen LogP contribution in [0.15, 0.2) is 60.7 Å². The molecule has 1 unspecified atom stereocenters. The number of nitrogens with zero attached hydrogens (tertiary/aromatic N) is 3. The molecule has 0 saturated carbocycles. The van der Waals surface area contributed by atoms with E-state index in [1.165, 1.54) is 28.9 Å². The molecule has 4 nitrogen and oxygen atoms in total. The predicted octanol–water partition coefficient (Wildman–Crippen LogP) is 5.29. The molecule has 2 aromatic carbocycles. The van der Waals surface area contributed by atoms with Crippen molar-refractivity contribution in [1.82, 2.24) is 14.4 Å². The number of carbonyl (C=O) groups is 1. The van der Waals surface area contributed by atoms with Crippen molar-refractivity contribution in [1.29, 1.82) is 0 Å². The maximum absolute atomic E-state index is 13.1. The number of benzene rings is 2. The van der Waals surface area contributed by atoms with Gasteiger partial charge in [0.05, 0.1) is 5.69 Å². The molecule has 1 amide bonds. The summed E-state index contributed by atoms with van der Waals surface area (Å²) in [5.41, 5.74) is 7.10. The van der Waals surface area contributed by atoms with E-state index < -0.39 is 0 Å². The van der Waals surface area contributed by atoms with Crippen LogP contribution in [0.4, 0.5) is 0 Å². The zero-order chi connectivity index (χ0) is 22.7. The van der Waals surface area contributed by atoms with Crippen molar-refractivity contribution in [3.63, 3.8) is 0 Å². The third kappa shape index (κ3) is 4.81. The summed E-state index contributed by atoms with van der Waals surface area (Å²) in [6.07, 6.45) is 4.37. The van der Waals surface area contributed by atoms with E-state index in [-0.39, 0.29) is 5.91 Å². The molecule has 1 atom stereocenters. The molecule has 1 aliphatic carbocycles. The normalized spacial score (nSPS) is 15.6.